The van der Waals surface area contributed by atoms with Crippen LogP contribution in [0.25, 0.3) is 0 Å². The maximum Gasteiger partial charge on any atom is 0.0810 e. The van der Waals surface area contributed by atoms with Crippen LogP contribution in [-0.4, -0.2) is 83.0 Å². The SMILES string of the molecule is CCC(CO)(CO)CO.CCC(CO)(CO)CO.CCCCCCCCCCCCC1CO1. The minimum Gasteiger partial charge on any atom is -0.396 e. The molecule has 33 heavy (non-hydrogen) atoms. The fourth-order valence-corrected chi connectivity index (χ4v) is 3.06. The number of epoxide rings is 1. The number of unbranched alkanes of at least 4 members (excludes halogenated alkanes) is 9. The van der Waals surface area contributed by atoms with Crippen LogP contribution in [0.2, 0.25) is 0 Å². The Morgan fingerprint density at radius 3 is 1.06 bits per heavy atom. The van der Waals surface area contributed by atoms with Crippen molar-refractivity contribution in [2.24, 2.45) is 10.8 Å². The van der Waals surface area contributed by atoms with Gasteiger partial charge in [0.2, 0.25) is 0 Å². The number of aliphatic hydroxyl groups is 6. The van der Waals surface area contributed by atoms with E-state index in [0.717, 1.165) is 6.61 Å². The lowest BCUT2D eigenvalue weighted by Crippen LogP contribution is -2.32. The first kappa shape index (κ1) is 34.9. The molecule has 6 N–H and O–H groups in total. The Bertz CT molecular complexity index is 326. The van der Waals surface area contributed by atoms with Crippen LogP contribution in [0.3, 0.4) is 0 Å². The molecule has 0 aromatic carbocycles. The Labute approximate surface area is 203 Å². The highest BCUT2D eigenvalue weighted by Crippen LogP contribution is 2.19. The van der Waals surface area contributed by atoms with Crippen LogP contribution in [0, 0.1) is 10.8 Å². The lowest BCUT2D eigenvalue weighted by Gasteiger charge is -2.24. The molecule has 1 saturated heterocycles. The van der Waals surface area contributed by atoms with Crippen molar-refractivity contribution in [1.29, 1.82) is 0 Å². The molecule has 1 rings (SSSR count). The molecule has 0 aromatic heterocycles. The number of hydrogen-bond acceptors (Lipinski definition) is 7. The molecule has 0 spiro atoms. The smallest absolute Gasteiger partial charge is 0.0810 e. The van der Waals surface area contributed by atoms with Crippen LogP contribution >= 0.6 is 0 Å². The Morgan fingerprint density at radius 2 is 0.848 bits per heavy atom. The second-order valence-corrected chi connectivity index (χ2v) is 9.58. The van der Waals surface area contributed by atoms with Crippen molar-refractivity contribution in [3.8, 4) is 0 Å². The minimum absolute atomic E-state index is 0.156. The van der Waals surface area contributed by atoms with Crippen LogP contribution < -0.4 is 0 Å². The second kappa shape index (κ2) is 23.5. The van der Waals surface area contributed by atoms with Crippen LogP contribution in [0.4, 0.5) is 0 Å². The van der Waals surface area contributed by atoms with Crippen LogP contribution in [0.5, 0.6) is 0 Å². The van der Waals surface area contributed by atoms with E-state index in [1.807, 2.05) is 13.8 Å². The monoisotopic (exact) mass is 480 g/mol. The maximum atomic E-state index is 8.66. The molecule has 0 radical (unpaired) electrons. The first-order valence-corrected chi connectivity index (χ1v) is 13.2. The zero-order valence-electron chi connectivity index (χ0n) is 21.8. The number of rotatable bonds is 19. The lowest BCUT2D eigenvalue weighted by molar-refractivity contribution is 0.00275. The van der Waals surface area contributed by atoms with Gasteiger partial charge in [-0.2, -0.15) is 0 Å². The molecule has 1 fully saturated rings. The third-order valence-corrected chi connectivity index (χ3v) is 6.79. The van der Waals surface area contributed by atoms with Crippen LogP contribution in [-0.2, 0) is 4.74 Å². The Kier molecular flexibility index (Phi) is 24.8. The first-order chi connectivity index (χ1) is 15.9. The van der Waals surface area contributed by atoms with Gasteiger partial charge < -0.3 is 35.4 Å². The average molecular weight is 481 g/mol. The summed E-state index contributed by atoms with van der Waals surface area (Å²) in [6.45, 7) is 6.03. The summed E-state index contributed by atoms with van der Waals surface area (Å²) in [5.41, 5.74) is -1.33. The number of ether oxygens (including phenoxy) is 1. The van der Waals surface area contributed by atoms with Gasteiger partial charge in [-0.15, -0.1) is 0 Å². The molecule has 7 heteroatoms. The number of aliphatic hydroxyl groups excluding tert-OH is 6. The first-order valence-electron chi connectivity index (χ1n) is 13.2. The molecular formula is C26H56O7. The van der Waals surface area contributed by atoms with Crippen molar-refractivity contribution in [2.75, 3.05) is 46.2 Å². The van der Waals surface area contributed by atoms with Gasteiger partial charge in [0.15, 0.2) is 0 Å². The van der Waals surface area contributed by atoms with E-state index < -0.39 is 10.8 Å². The van der Waals surface area contributed by atoms with Gasteiger partial charge in [-0.3, -0.25) is 0 Å². The van der Waals surface area contributed by atoms with E-state index in [1.54, 1.807) is 0 Å². The van der Waals surface area contributed by atoms with Crippen LogP contribution in [0.1, 0.15) is 104 Å². The van der Waals surface area contributed by atoms with Crippen molar-refractivity contribution in [3.63, 3.8) is 0 Å². The van der Waals surface area contributed by atoms with E-state index >= 15 is 0 Å². The quantitative estimate of drug-likeness (QED) is 0.123. The minimum atomic E-state index is -0.667. The summed E-state index contributed by atoms with van der Waals surface area (Å²) in [5.74, 6) is 0. The molecule has 1 aliphatic heterocycles. The summed E-state index contributed by atoms with van der Waals surface area (Å²) >= 11 is 0. The molecule has 0 bridgehead atoms. The normalized spacial score (nSPS) is 15.4. The van der Waals surface area contributed by atoms with Gasteiger partial charge in [0.1, 0.15) is 0 Å². The van der Waals surface area contributed by atoms with Gasteiger partial charge in [-0.1, -0.05) is 85.0 Å². The summed E-state index contributed by atoms with van der Waals surface area (Å²) in [7, 11) is 0. The predicted octanol–water partition coefficient (Wildman–Crippen LogP) is 3.42. The van der Waals surface area contributed by atoms with Gasteiger partial charge in [-0.05, 0) is 19.3 Å². The zero-order chi connectivity index (χ0) is 25.4. The zero-order valence-corrected chi connectivity index (χ0v) is 21.8. The van der Waals surface area contributed by atoms with Gasteiger partial charge >= 0.3 is 0 Å². The fraction of sp³-hybridized carbons (Fsp3) is 1.00. The number of hydrogen-bond donors (Lipinski definition) is 6. The highest BCUT2D eigenvalue weighted by molar-refractivity contribution is 4.75. The summed E-state index contributed by atoms with van der Waals surface area (Å²) in [6.07, 6.45) is 17.5. The standard InChI is InChI=1S/C14H28O.2C6H14O3/c1-2-3-4-5-6-7-8-9-10-11-12-14-13-15-14;2*1-2-6(3-7,4-8)5-9/h14H,2-13H2,1H3;2*7-9H,2-5H2,1H3. The van der Waals surface area contributed by atoms with Crippen molar-refractivity contribution in [3.05, 3.63) is 0 Å². The molecule has 1 unspecified atom stereocenters. The lowest BCUT2D eigenvalue weighted by atomic mass is 9.88. The Hall–Kier alpha value is -0.280. The molecule has 0 aliphatic carbocycles. The molecule has 0 amide bonds. The van der Waals surface area contributed by atoms with Crippen molar-refractivity contribution < 1.29 is 35.4 Å². The van der Waals surface area contributed by atoms with Crippen LogP contribution in [0.15, 0.2) is 0 Å². The highest BCUT2D eigenvalue weighted by Gasteiger charge is 2.25. The largest absolute Gasteiger partial charge is 0.396 e. The summed E-state index contributed by atoms with van der Waals surface area (Å²) in [4.78, 5) is 0. The summed E-state index contributed by atoms with van der Waals surface area (Å²) in [6, 6.07) is 0. The maximum absolute atomic E-state index is 8.66. The van der Waals surface area contributed by atoms with E-state index in [4.69, 9.17) is 35.4 Å². The van der Waals surface area contributed by atoms with E-state index in [2.05, 4.69) is 6.92 Å². The summed E-state index contributed by atoms with van der Waals surface area (Å²) < 4.78 is 5.19. The molecule has 202 valence electrons. The molecule has 7 nitrogen and oxygen atoms in total. The molecule has 1 aliphatic rings. The van der Waals surface area contributed by atoms with Crippen molar-refractivity contribution in [2.45, 2.75) is 110 Å². The molecule has 1 heterocycles. The van der Waals surface area contributed by atoms with Gasteiger partial charge in [0.05, 0.1) is 52.4 Å². The molecule has 0 aromatic rings. The predicted molar refractivity (Wildman–Crippen MR) is 134 cm³/mol. The molecule has 1 atom stereocenters. The average Bonchev–Trinajstić information content (AvgIpc) is 3.69. The third-order valence-electron chi connectivity index (χ3n) is 6.79. The Morgan fingerprint density at radius 1 is 0.545 bits per heavy atom. The van der Waals surface area contributed by atoms with Gasteiger partial charge in [0, 0.05) is 10.8 Å². The Balaban J connectivity index is 0. The second-order valence-electron chi connectivity index (χ2n) is 9.58. The van der Waals surface area contributed by atoms with Gasteiger partial charge in [-0.25, -0.2) is 0 Å². The molecule has 0 saturated carbocycles. The van der Waals surface area contributed by atoms with E-state index in [0.29, 0.717) is 18.9 Å². The van der Waals surface area contributed by atoms with Crippen molar-refractivity contribution >= 4 is 0 Å². The van der Waals surface area contributed by atoms with Gasteiger partial charge in [0.25, 0.3) is 0 Å². The van der Waals surface area contributed by atoms with E-state index in [1.165, 1.54) is 70.6 Å². The fourth-order valence-electron chi connectivity index (χ4n) is 3.06. The highest BCUT2D eigenvalue weighted by atomic mass is 16.6. The van der Waals surface area contributed by atoms with Crippen molar-refractivity contribution in [1.82, 2.24) is 0 Å². The van der Waals surface area contributed by atoms with E-state index in [-0.39, 0.29) is 39.6 Å². The third kappa shape index (κ3) is 18.7. The van der Waals surface area contributed by atoms with E-state index in [9.17, 15) is 0 Å². The molecular weight excluding hydrogens is 424 g/mol. The topological polar surface area (TPSA) is 134 Å². The summed E-state index contributed by atoms with van der Waals surface area (Å²) in [5, 5.41) is 51.9.